The summed E-state index contributed by atoms with van der Waals surface area (Å²) in [6, 6.07) is 10.2. The summed E-state index contributed by atoms with van der Waals surface area (Å²) in [6.07, 6.45) is 0.753. The predicted octanol–water partition coefficient (Wildman–Crippen LogP) is 4.22. The summed E-state index contributed by atoms with van der Waals surface area (Å²) in [4.78, 5) is 0. The molecule has 0 aliphatic heterocycles. The Morgan fingerprint density at radius 3 is 1.83 bits per heavy atom. The lowest BCUT2D eigenvalue weighted by Gasteiger charge is -2.26. The monoisotopic (exact) mass is 338 g/mol. The molecule has 0 saturated heterocycles. The SMILES string of the molecule is CC(C)OCC(COC(Cc1ccccc1)OC(C)C)OC(C)C. The van der Waals surface area contributed by atoms with Gasteiger partial charge in [0.15, 0.2) is 6.29 Å². The Kier molecular flexibility index (Phi) is 10.2. The maximum Gasteiger partial charge on any atom is 0.162 e. The van der Waals surface area contributed by atoms with E-state index in [1.54, 1.807) is 0 Å². The largest absolute Gasteiger partial charge is 0.376 e. The highest BCUT2D eigenvalue weighted by molar-refractivity contribution is 5.15. The molecule has 0 saturated carbocycles. The van der Waals surface area contributed by atoms with Crippen molar-refractivity contribution in [1.29, 1.82) is 0 Å². The molecule has 24 heavy (non-hydrogen) atoms. The van der Waals surface area contributed by atoms with Crippen molar-refractivity contribution in [2.24, 2.45) is 0 Å². The van der Waals surface area contributed by atoms with Crippen LogP contribution < -0.4 is 0 Å². The summed E-state index contributed by atoms with van der Waals surface area (Å²) in [5, 5.41) is 0. The van der Waals surface area contributed by atoms with Crippen LogP contribution in [0.3, 0.4) is 0 Å². The van der Waals surface area contributed by atoms with Crippen molar-refractivity contribution >= 4 is 0 Å². The average molecular weight is 338 g/mol. The molecule has 0 fully saturated rings. The summed E-state index contributed by atoms with van der Waals surface area (Å²) >= 11 is 0. The molecule has 4 heteroatoms. The number of benzene rings is 1. The maximum absolute atomic E-state index is 6.02. The van der Waals surface area contributed by atoms with Crippen molar-refractivity contribution in [3.63, 3.8) is 0 Å². The fourth-order valence-electron chi connectivity index (χ4n) is 2.28. The Bertz CT molecular complexity index is 417. The van der Waals surface area contributed by atoms with Crippen LogP contribution in [0.2, 0.25) is 0 Å². The molecule has 0 amide bonds. The summed E-state index contributed by atoms with van der Waals surface area (Å²) in [5.41, 5.74) is 1.20. The van der Waals surface area contributed by atoms with E-state index in [4.69, 9.17) is 18.9 Å². The maximum atomic E-state index is 6.02. The minimum absolute atomic E-state index is 0.0959. The van der Waals surface area contributed by atoms with Gasteiger partial charge in [-0.25, -0.2) is 0 Å². The predicted molar refractivity (Wildman–Crippen MR) is 97.2 cm³/mol. The van der Waals surface area contributed by atoms with Gasteiger partial charge >= 0.3 is 0 Å². The van der Waals surface area contributed by atoms with E-state index in [2.05, 4.69) is 12.1 Å². The molecule has 0 aliphatic rings. The van der Waals surface area contributed by atoms with E-state index in [-0.39, 0.29) is 30.7 Å². The first-order valence-corrected chi connectivity index (χ1v) is 8.94. The van der Waals surface area contributed by atoms with E-state index >= 15 is 0 Å². The van der Waals surface area contributed by atoms with Crippen LogP contribution in [-0.4, -0.2) is 43.9 Å². The van der Waals surface area contributed by atoms with Gasteiger partial charge in [0.05, 0.1) is 31.5 Å². The zero-order valence-corrected chi connectivity index (χ0v) is 16.0. The summed E-state index contributed by atoms with van der Waals surface area (Å²) in [5.74, 6) is 0. The molecule has 0 heterocycles. The number of ether oxygens (including phenoxy) is 4. The molecule has 1 rings (SSSR count). The van der Waals surface area contributed by atoms with E-state index in [0.717, 1.165) is 6.42 Å². The first-order chi connectivity index (χ1) is 11.4. The van der Waals surface area contributed by atoms with Gasteiger partial charge in [-0.15, -0.1) is 0 Å². The lowest BCUT2D eigenvalue weighted by molar-refractivity contribution is -0.189. The van der Waals surface area contributed by atoms with Crippen LogP contribution in [0, 0.1) is 0 Å². The van der Waals surface area contributed by atoms with Gasteiger partial charge in [-0.1, -0.05) is 30.3 Å². The Morgan fingerprint density at radius 2 is 1.29 bits per heavy atom. The van der Waals surface area contributed by atoms with Crippen LogP contribution in [0.1, 0.15) is 47.1 Å². The molecule has 0 aliphatic carbocycles. The van der Waals surface area contributed by atoms with Crippen LogP contribution >= 0.6 is 0 Å². The molecule has 0 bridgehead atoms. The summed E-state index contributed by atoms with van der Waals surface area (Å²) in [6.45, 7) is 13.1. The van der Waals surface area contributed by atoms with Crippen LogP contribution in [0.15, 0.2) is 30.3 Å². The van der Waals surface area contributed by atoms with Gasteiger partial charge in [0, 0.05) is 6.42 Å². The second-order valence-electron chi connectivity index (χ2n) is 6.83. The molecular formula is C20H34O4. The van der Waals surface area contributed by atoms with E-state index in [0.29, 0.717) is 13.2 Å². The van der Waals surface area contributed by atoms with Gasteiger partial charge in [0.2, 0.25) is 0 Å². The normalized spacial score (nSPS) is 14.5. The molecule has 1 aromatic carbocycles. The molecule has 0 radical (unpaired) electrons. The lowest BCUT2D eigenvalue weighted by Crippen LogP contribution is -2.33. The minimum Gasteiger partial charge on any atom is -0.376 e. The van der Waals surface area contributed by atoms with Gasteiger partial charge in [0.25, 0.3) is 0 Å². The van der Waals surface area contributed by atoms with Gasteiger partial charge in [0.1, 0.15) is 6.10 Å². The van der Waals surface area contributed by atoms with Crippen LogP contribution in [0.4, 0.5) is 0 Å². The third kappa shape index (κ3) is 10.0. The van der Waals surface area contributed by atoms with Crippen molar-refractivity contribution in [2.75, 3.05) is 13.2 Å². The number of rotatable bonds is 12. The van der Waals surface area contributed by atoms with Crippen LogP contribution in [-0.2, 0) is 25.4 Å². The highest BCUT2D eigenvalue weighted by Crippen LogP contribution is 2.12. The minimum atomic E-state index is -0.287. The first kappa shape index (κ1) is 21.1. The van der Waals surface area contributed by atoms with Crippen molar-refractivity contribution < 1.29 is 18.9 Å². The standard InChI is InChI=1S/C20H34O4/c1-15(2)21-13-19(23-16(3)4)14-22-20(24-17(5)6)12-18-10-8-7-9-11-18/h7-11,15-17,19-20H,12-14H2,1-6H3. The Balaban J connectivity index is 2.58. The zero-order chi connectivity index (χ0) is 17.9. The Morgan fingerprint density at radius 1 is 0.708 bits per heavy atom. The van der Waals surface area contributed by atoms with E-state index < -0.39 is 0 Å². The molecule has 0 N–H and O–H groups in total. The van der Waals surface area contributed by atoms with Gasteiger partial charge in [-0.2, -0.15) is 0 Å². The first-order valence-electron chi connectivity index (χ1n) is 8.94. The third-order valence-corrected chi connectivity index (χ3v) is 3.22. The Hall–Kier alpha value is -0.940. The average Bonchev–Trinajstić information content (AvgIpc) is 2.49. The van der Waals surface area contributed by atoms with Crippen molar-refractivity contribution in [3.8, 4) is 0 Å². The topological polar surface area (TPSA) is 36.9 Å². The molecule has 4 nitrogen and oxygen atoms in total. The molecular weight excluding hydrogens is 304 g/mol. The molecule has 2 unspecified atom stereocenters. The summed E-state index contributed by atoms with van der Waals surface area (Å²) in [7, 11) is 0. The third-order valence-electron chi connectivity index (χ3n) is 3.22. The Labute approximate surface area is 147 Å². The van der Waals surface area contributed by atoms with E-state index in [1.165, 1.54) is 5.56 Å². The number of hydrogen-bond donors (Lipinski definition) is 0. The number of hydrogen-bond acceptors (Lipinski definition) is 4. The molecule has 138 valence electrons. The zero-order valence-electron chi connectivity index (χ0n) is 16.0. The highest BCUT2D eigenvalue weighted by atomic mass is 16.7. The molecule has 0 aromatic heterocycles. The van der Waals surface area contributed by atoms with Crippen LogP contribution in [0.25, 0.3) is 0 Å². The molecule has 0 spiro atoms. The van der Waals surface area contributed by atoms with Gasteiger partial charge < -0.3 is 18.9 Å². The fraction of sp³-hybridized carbons (Fsp3) is 0.700. The molecule has 2 atom stereocenters. The molecule has 1 aromatic rings. The second kappa shape index (κ2) is 11.6. The highest BCUT2D eigenvalue weighted by Gasteiger charge is 2.18. The van der Waals surface area contributed by atoms with E-state index in [1.807, 2.05) is 59.7 Å². The fourth-order valence-corrected chi connectivity index (χ4v) is 2.28. The van der Waals surface area contributed by atoms with Gasteiger partial charge in [-0.05, 0) is 47.1 Å². The summed E-state index contributed by atoms with van der Waals surface area (Å²) < 4.78 is 23.5. The van der Waals surface area contributed by atoms with E-state index in [9.17, 15) is 0 Å². The van der Waals surface area contributed by atoms with Crippen molar-refractivity contribution in [1.82, 2.24) is 0 Å². The van der Waals surface area contributed by atoms with Gasteiger partial charge in [-0.3, -0.25) is 0 Å². The van der Waals surface area contributed by atoms with Crippen molar-refractivity contribution in [2.45, 2.75) is 78.7 Å². The lowest BCUT2D eigenvalue weighted by atomic mass is 10.1. The second-order valence-corrected chi connectivity index (χ2v) is 6.83. The van der Waals surface area contributed by atoms with Crippen LogP contribution in [0.5, 0.6) is 0 Å². The smallest absolute Gasteiger partial charge is 0.162 e. The van der Waals surface area contributed by atoms with Crippen molar-refractivity contribution in [3.05, 3.63) is 35.9 Å². The quantitative estimate of drug-likeness (QED) is 0.535.